The maximum atomic E-state index is 9.09. The Morgan fingerprint density at radius 3 is 2.55 bits per heavy atom. The molecule has 4 saturated carbocycles. The maximum Gasteiger partial charge on any atom is 0.189 e. The number of rotatable bonds is 14. The van der Waals surface area contributed by atoms with Crippen LogP contribution in [0.15, 0.2) is 48.8 Å². The molecule has 12 heteroatoms. The van der Waals surface area contributed by atoms with Crippen LogP contribution in [0.25, 0.3) is 21.3 Å². The lowest BCUT2D eigenvalue weighted by atomic mass is 9.39. The number of aliphatic hydroxyl groups is 1. The van der Waals surface area contributed by atoms with Crippen LogP contribution < -0.4 is 15.5 Å². The van der Waals surface area contributed by atoms with E-state index < -0.39 is 0 Å². The van der Waals surface area contributed by atoms with Crippen LogP contribution in [0.4, 0.5) is 22.6 Å². The fourth-order valence-corrected chi connectivity index (χ4v) is 12.7. The molecule has 5 heterocycles. The fourth-order valence-electron chi connectivity index (χ4n) is 11.8. The zero-order chi connectivity index (χ0) is 37.8. The van der Waals surface area contributed by atoms with Gasteiger partial charge >= 0.3 is 0 Å². The van der Waals surface area contributed by atoms with Gasteiger partial charge in [0.25, 0.3) is 0 Å². The first-order chi connectivity index (χ1) is 26.6. The predicted molar refractivity (Wildman–Crippen MR) is 219 cm³/mol. The third kappa shape index (κ3) is 7.04. The second kappa shape index (κ2) is 14.2. The summed E-state index contributed by atoms with van der Waals surface area (Å²) in [4.78, 5) is 12.0. The van der Waals surface area contributed by atoms with Crippen molar-refractivity contribution in [2.24, 2.45) is 16.2 Å². The number of unbranched alkanes of at least 4 members (excludes halogenated alkanes) is 1. The normalized spacial score (nSPS) is 26.9. The summed E-state index contributed by atoms with van der Waals surface area (Å²) < 4.78 is 10.3. The topological polar surface area (TPSA) is 126 Å². The van der Waals surface area contributed by atoms with Gasteiger partial charge in [-0.1, -0.05) is 37.3 Å². The van der Waals surface area contributed by atoms with Crippen molar-refractivity contribution in [3.05, 3.63) is 65.6 Å². The molecule has 290 valence electrons. The van der Waals surface area contributed by atoms with Gasteiger partial charge in [0.2, 0.25) is 0 Å². The third-order valence-electron chi connectivity index (χ3n) is 12.9. The first-order valence-corrected chi connectivity index (χ1v) is 21.1. The molecule has 4 aromatic heterocycles. The number of aliphatic hydroxyl groups excluding tert-OH is 1. The molecule has 2 unspecified atom stereocenters. The molecule has 5 aromatic rings. The van der Waals surface area contributed by atoms with E-state index in [1.807, 2.05) is 30.6 Å². The highest BCUT2D eigenvalue weighted by Crippen LogP contribution is 2.72. The van der Waals surface area contributed by atoms with Gasteiger partial charge in [-0.15, -0.1) is 10.2 Å². The van der Waals surface area contributed by atoms with Crippen molar-refractivity contribution < 1.29 is 9.84 Å². The molecule has 3 N–H and O–H groups in total. The average molecular weight is 762 g/mol. The van der Waals surface area contributed by atoms with Crippen molar-refractivity contribution in [3.63, 3.8) is 0 Å². The van der Waals surface area contributed by atoms with Crippen molar-refractivity contribution in [1.82, 2.24) is 35.3 Å². The second-order valence-electron chi connectivity index (χ2n) is 17.9. The smallest absolute Gasteiger partial charge is 0.189 e. The molecule has 5 aliphatic rings. The summed E-state index contributed by atoms with van der Waals surface area (Å²) in [6, 6.07) is 12.5. The molecule has 0 radical (unpaired) electrons. The molecule has 4 fully saturated rings. The quantitative estimate of drug-likeness (QED) is 0.0952. The molecule has 2 atom stereocenters. The van der Waals surface area contributed by atoms with Gasteiger partial charge in [0.05, 0.1) is 28.6 Å². The molecule has 1 aromatic carbocycles. The van der Waals surface area contributed by atoms with E-state index in [4.69, 9.17) is 30.0 Å². The lowest BCUT2D eigenvalue weighted by molar-refractivity contribution is -0.247. The van der Waals surface area contributed by atoms with E-state index in [-0.39, 0.29) is 17.6 Å². The van der Waals surface area contributed by atoms with E-state index in [0.717, 1.165) is 127 Å². The number of anilines is 4. The SMILES string of the molecule is Cc1c(Nc2nc3ccccc3s2)nnc2c1CCCN2c1ccc(-c2cnn(CC34CC5(C)CC(C)(C3)CC(OCCNCCCCO)(C5)C4)c2C)cn1. The molecule has 0 spiro atoms. The zero-order valence-electron chi connectivity index (χ0n) is 32.8. The van der Waals surface area contributed by atoms with Crippen molar-refractivity contribution >= 4 is 44.1 Å². The zero-order valence-corrected chi connectivity index (χ0v) is 33.6. The largest absolute Gasteiger partial charge is 0.396 e. The molecular weight excluding hydrogens is 707 g/mol. The lowest BCUT2D eigenvalue weighted by Crippen LogP contribution is -2.64. The van der Waals surface area contributed by atoms with Crippen LogP contribution in [0.1, 0.15) is 88.5 Å². The van der Waals surface area contributed by atoms with Crippen LogP contribution in [0, 0.1) is 30.1 Å². The summed E-state index contributed by atoms with van der Waals surface area (Å²) in [5, 5.41) is 31.3. The molecule has 4 aliphatic carbocycles. The Bertz CT molecular complexity index is 2130. The minimum Gasteiger partial charge on any atom is -0.396 e. The summed E-state index contributed by atoms with van der Waals surface area (Å²) in [7, 11) is 0. The van der Waals surface area contributed by atoms with E-state index in [9.17, 15) is 0 Å². The highest BCUT2D eigenvalue weighted by Gasteiger charge is 2.66. The highest BCUT2D eigenvalue weighted by molar-refractivity contribution is 7.22. The molecule has 10 rings (SSSR count). The van der Waals surface area contributed by atoms with E-state index in [2.05, 4.69) is 71.2 Å². The Kier molecular flexibility index (Phi) is 9.46. The second-order valence-corrected chi connectivity index (χ2v) is 19.0. The van der Waals surface area contributed by atoms with Gasteiger partial charge in [0.1, 0.15) is 5.82 Å². The van der Waals surface area contributed by atoms with Gasteiger partial charge in [-0.05, 0) is 125 Å². The number of nitrogens with zero attached hydrogens (tertiary/aromatic N) is 7. The van der Waals surface area contributed by atoms with Gasteiger partial charge < -0.3 is 25.4 Å². The first kappa shape index (κ1) is 36.7. The molecule has 0 saturated heterocycles. The number of fused-ring (bicyclic) bond motifs is 2. The van der Waals surface area contributed by atoms with Crippen LogP contribution in [-0.4, -0.2) is 73.5 Å². The number of nitrogens with one attached hydrogen (secondary N) is 2. The summed E-state index contributed by atoms with van der Waals surface area (Å²) in [5.41, 5.74) is 7.43. The number of pyridine rings is 1. The summed E-state index contributed by atoms with van der Waals surface area (Å²) in [6.45, 7) is 14.0. The Labute approximate surface area is 328 Å². The van der Waals surface area contributed by atoms with E-state index in [0.29, 0.717) is 10.8 Å². The number of ether oxygens (including phenoxy) is 1. The first-order valence-electron chi connectivity index (χ1n) is 20.3. The van der Waals surface area contributed by atoms with Crippen molar-refractivity contribution in [3.8, 4) is 11.1 Å². The number of hydrogen-bond donors (Lipinski definition) is 3. The number of thiazole rings is 1. The fraction of sp³-hybridized carbons (Fsp3) is 0.558. The standard InChI is InChI=1S/C43H55N9O2S/c1-29-32-10-9-17-51(38(32)50-49-37(29)48-39-47-34-11-5-6-12-35(34)55-39)36-14-13-31(20-45-36)33-21-46-52(30(33)2)28-42-23-40(3)22-41(4,24-42)26-43(25-40,27-42)54-19-16-44-15-7-8-18-53/h5-6,11-14,20-21,44,53H,7-10,15-19,22-28H2,1-4H3,(H,47,48,49). The molecule has 11 nitrogen and oxygen atoms in total. The van der Waals surface area contributed by atoms with Crippen LogP contribution in [-0.2, 0) is 17.7 Å². The van der Waals surface area contributed by atoms with Gasteiger partial charge in [-0.25, -0.2) is 9.97 Å². The lowest BCUT2D eigenvalue weighted by Gasteiger charge is -2.69. The predicted octanol–water partition coefficient (Wildman–Crippen LogP) is 8.29. The highest BCUT2D eigenvalue weighted by atomic mass is 32.1. The van der Waals surface area contributed by atoms with Gasteiger partial charge in [0, 0.05) is 60.4 Å². The molecule has 0 amide bonds. The van der Waals surface area contributed by atoms with E-state index >= 15 is 0 Å². The molecule has 4 bridgehead atoms. The number of benzene rings is 1. The van der Waals surface area contributed by atoms with Crippen molar-refractivity contribution in [1.29, 1.82) is 0 Å². The number of para-hydroxylation sites is 1. The summed E-state index contributed by atoms with van der Waals surface area (Å²) in [5.74, 6) is 2.53. The number of hydrogen-bond acceptors (Lipinski definition) is 11. The van der Waals surface area contributed by atoms with Crippen LogP contribution in [0.3, 0.4) is 0 Å². The van der Waals surface area contributed by atoms with Gasteiger partial charge in [-0.2, -0.15) is 5.10 Å². The molecular formula is C43H55N9O2S. The average Bonchev–Trinajstić information content (AvgIpc) is 3.72. The number of aromatic nitrogens is 6. The molecule has 1 aliphatic heterocycles. The van der Waals surface area contributed by atoms with E-state index in [1.54, 1.807) is 11.3 Å². The Morgan fingerprint density at radius 1 is 0.927 bits per heavy atom. The van der Waals surface area contributed by atoms with Crippen LogP contribution in [0.2, 0.25) is 0 Å². The summed E-state index contributed by atoms with van der Waals surface area (Å²) in [6.07, 6.45) is 15.1. The monoisotopic (exact) mass is 761 g/mol. The van der Waals surface area contributed by atoms with Gasteiger partial charge in [0.15, 0.2) is 16.8 Å². The minimum absolute atomic E-state index is 0.0564. The van der Waals surface area contributed by atoms with Gasteiger partial charge in [-0.3, -0.25) is 4.68 Å². The maximum absolute atomic E-state index is 9.09. The Morgan fingerprint density at radius 2 is 1.76 bits per heavy atom. The van der Waals surface area contributed by atoms with Crippen molar-refractivity contribution in [2.45, 2.75) is 104 Å². The Balaban J connectivity index is 0.897. The minimum atomic E-state index is -0.0564. The van der Waals surface area contributed by atoms with Crippen LogP contribution >= 0.6 is 11.3 Å². The van der Waals surface area contributed by atoms with Crippen LogP contribution in [0.5, 0.6) is 0 Å². The summed E-state index contributed by atoms with van der Waals surface area (Å²) >= 11 is 1.63. The third-order valence-corrected chi connectivity index (χ3v) is 13.9. The Hall–Kier alpha value is -3.97. The van der Waals surface area contributed by atoms with Crippen molar-refractivity contribution in [2.75, 3.05) is 43.1 Å². The van der Waals surface area contributed by atoms with E-state index in [1.165, 1.54) is 30.5 Å². The molecule has 55 heavy (non-hydrogen) atoms.